The summed E-state index contributed by atoms with van der Waals surface area (Å²) in [5.74, 6) is 1.03. The van der Waals surface area contributed by atoms with Gasteiger partial charge in [0, 0.05) is 29.4 Å². The number of rotatable bonds is 9. The highest BCUT2D eigenvalue weighted by atomic mass is 19.4. The molecule has 1 aliphatic carbocycles. The predicted octanol–water partition coefficient (Wildman–Crippen LogP) is 4.79. The number of anilines is 1. The summed E-state index contributed by atoms with van der Waals surface area (Å²) in [7, 11) is 6.95. The van der Waals surface area contributed by atoms with E-state index in [4.69, 9.17) is 9.47 Å². The average Bonchev–Trinajstić information content (AvgIpc) is 3.36. The van der Waals surface area contributed by atoms with Crippen LogP contribution in [0.25, 0.3) is 16.9 Å². The van der Waals surface area contributed by atoms with Crippen molar-refractivity contribution in [1.29, 1.82) is 0 Å². The van der Waals surface area contributed by atoms with Gasteiger partial charge in [-0.25, -0.2) is 0 Å². The van der Waals surface area contributed by atoms with E-state index in [0.717, 1.165) is 35.7 Å². The number of nitrogens with one attached hydrogen (secondary N) is 1. The van der Waals surface area contributed by atoms with E-state index in [1.165, 1.54) is 26.4 Å². The molecule has 1 aromatic heterocycles. The third kappa shape index (κ3) is 5.74. The Morgan fingerprint density at radius 2 is 1.70 bits per heavy atom. The first-order valence-corrected chi connectivity index (χ1v) is 12.1. The molecule has 0 atom stereocenters. The summed E-state index contributed by atoms with van der Waals surface area (Å²) in [6.07, 6.45) is -2.04. The number of fused-ring (bicyclic) bond motifs is 1. The second kappa shape index (κ2) is 10.8. The minimum Gasteiger partial charge on any atom is -0.497 e. The van der Waals surface area contributed by atoms with Gasteiger partial charge in [0.05, 0.1) is 31.2 Å². The summed E-state index contributed by atoms with van der Waals surface area (Å²) < 4.78 is 53.9. The Labute approximate surface area is 213 Å². The number of ether oxygens (including phenoxy) is 2. The van der Waals surface area contributed by atoms with E-state index in [2.05, 4.69) is 10.4 Å². The van der Waals surface area contributed by atoms with Gasteiger partial charge in [0.1, 0.15) is 11.5 Å². The first kappa shape index (κ1) is 26.5. The number of hydrogen-bond donors (Lipinski definition) is 1. The molecule has 1 heterocycles. The SMILES string of the molecule is COc1cc(OC)cc(-c2nn(-c3cc(NCCCN(C)C)ccc3C(F)(F)F)c(=O)c3c2CCC3)c1. The second-order valence-corrected chi connectivity index (χ2v) is 9.29. The molecule has 198 valence electrons. The number of benzene rings is 2. The van der Waals surface area contributed by atoms with E-state index in [0.29, 0.717) is 53.4 Å². The number of aromatic nitrogens is 2. The quantitative estimate of drug-likeness (QED) is 0.413. The maximum Gasteiger partial charge on any atom is 0.418 e. The van der Waals surface area contributed by atoms with Crippen molar-refractivity contribution in [3.05, 3.63) is 63.4 Å². The van der Waals surface area contributed by atoms with Gasteiger partial charge in [-0.3, -0.25) is 4.79 Å². The molecule has 10 heteroatoms. The van der Waals surface area contributed by atoms with E-state index in [1.54, 1.807) is 18.2 Å². The predicted molar refractivity (Wildman–Crippen MR) is 137 cm³/mol. The van der Waals surface area contributed by atoms with Crippen LogP contribution in [0.4, 0.5) is 18.9 Å². The Hall–Kier alpha value is -3.53. The van der Waals surface area contributed by atoms with Crippen LogP contribution in [0.2, 0.25) is 0 Å². The summed E-state index contributed by atoms with van der Waals surface area (Å²) >= 11 is 0. The highest BCUT2D eigenvalue weighted by molar-refractivity contribution is 5.69. The normalized spacial score (nSPS) is 13.1. The van der Waals surface area contributed by atoms with Crippen LogP contribution in [0.3, 0.4) is 0 Å². The summed E-state index contributed by atoms with van der Waals surface area (Å²) in [6.45, 7) is 1.41. The molecule has 0 saturated heterocycles. The fourth-order valence-corrected chi connectivity index (χ4v) is 4.60. The second-order valence-electron chi connectivity index (χ2n) is 9.29. The molecule has 7 nitrogen and oxygen atoms in total. The van der Waals surface area contributed by atoms with Crippen molar-refractivity contribution >= 4 is 5.69 Å². The molecule has 0 aliphatic heterocycles. The van der Waals surface area contributed by atoms with Crippen LogP contribution in [0.1, 0.15) is 29.5 Å². The van der Waals surface area contributed by atoms with Gasteiger partial charge in [-0.2, -0.15) is 23.0 Å². The average molecular weight is 517 g/mol. The van der Waals surface area contributed by atoms with Gasteiger partial charge in [-0.1, -0.05) is 0 Å². The molecule has 2 aromatic carbocycles. The highest BCUT2D eigenvalue weighted by Gasteiger charge is 2.35. The highest BCUT2D eigenvalue weighted by Crippen LogP contribution is 2.37. The summed E-state index contributed by atoms with van der Waals surface area (Å²) in [6, 6.07) is 8.92. The number of alkyl halides is 3. The molecule has 0 radical (unpaired) electrons. The third-order valence-corrected chi connectivity index (χ3v) is 6.42. The minimum atomic E-state index is -4.67. The van der Waals surface area contributed by atoms with Crippen LogP contribution in [-0.4, -0.2) is 56.1 Å². The lowest BCUT2D eigenvalue weighted by atomic mass is 10.0. The standard InChI is InChI=1S/C27H31F3N4O3/c1-33(2)12-6-11-31-18-9-10-23(27(28,29)30)24(15-18)34-26(35)22-8-5-7-21(22)25(32-34)17-13-19(36-3)16-20(14-17)37-4/h9-10,13-16,31H,5-8,11-12H2,1-4H3. The molecule has 0 unspecified atom stereocenters. The van der Waals surface area contributed by atoms with Crippen molar-refractivity contribution in [2.24, 2.45) is 0 Å². The van der Waals surface area contributed by atoms with Crippen LogP contribution < -0.4 is 20.3 Å². The van der Waals surface area contributed by atoms with Crippen molar-refractivity contribution < 1.29 is 22.6 Å². The zero-order valence-electron chi connectivity index (χ0n) is 21.4. The van der Waals surface area contributed by atoms with E-state index in [9.17, 15) is 18.0 Å². The summed E-state index contributed by atoms with van der Waals surface area (Å²) in [5, 5.41) is 7.70. The Morgan fingerprint density at radius 1 is 1.03 bits per heavy atom. The van der Waals surface area contributed by atoms with Gasteiger partial charge in [-0.05, 0) is 82.2 Å². The molecule has 1 N–H and O–H groups in total. The molecule has 0 fully saturated rings. The van der Waals surface area contributed by atoms with Crippen LogP contribution in [0, 0.1) is 0 Å². The number of halogens is 3. The van der Waals surface area contributed by atoms with Crippen molar-refractivity contribution in [3.63, 3.8) is 0 Å². The van der Waals surface area contributed by atoms with Crippen molar-refractivity contribution in [1.82, 2.24) is 14.7 Å². The Balaban J connectivity index is 1.88. The third-order valence-electron chi connectivity index (χ3n) is 6.42. The lowest BCUT2D eigenvalue weighted by molar-refractivity contribution is -0.137. The van der Waals surface area contributed by atoms with Gasteiger partial charge in [0.15, 0.2) is 0 Å². The molecule has 37 heavy (non-hydrogen) atoms. The molecular formula is C27H31F3N4O3. The Kier molecular flexibility index (Phi) is 7.77. The molecule has 0 spiro atoms. The van der Waals surface area contributed by atoms with E-state index in [-0.39, 0.29) is 5.69 Å². The first-order chi connectivity index (χ1) is 17.6. The smallest absolute Gasteiger partial charge is 0.418 e. The van der Waals surface area contributed by atoms with E-state index >= 15 is 0 Å². The topological polar surface area (TPSA) is 68.6 Å². The molecule has 3 aromatic rings. The Bertz CT molecular complexity index is 1310. The fourth-order valence-electron chi connectivity index (χ4n) is 4.60. The summed E-state index contributed by atoms with van der Waals surface area (Å²) in [5.41, 5.74) is 1.03. The van der Waals surface area contributed by atoms with Crippen LogP contribution >= 0.6 is 0 Å². The minimum absolute atomic E-state index is 0.305. The maximum atomic E-state index is 14.1. The lowest BCUT2D eigenvalue weighted by Crippen LogP contribution is -2.28. The molecule has 4 rings (SSSR count). The zero-order chi connectivity index (χ0) is 26.7. The van der Waals surface area contributed by atoms with Gasteiger partial charge in [-0.15, -0.1) is 0 Å². The van der Waals surface area contributed by atoms with E-state index < -0.39 is 17.3 Å². The molecule has 1 aliphatic rings. The monoisotopic (exact) mass is 516 g/mol. The van der Waals surface area contributed by atoms with Gasteiger partial charge >= 0.3 is 6.18 Å². The molecule has 0 bridgehead atoms. The number of nitrogens with zero attached hydrogens (tertiary/aromatic N) is 3. The number of hydrogen-bond acceptors (Lipinski definition) is 6. The molecule has 0 saturated carbocycles. The van der Waals surface area contributed by atoms with Gasteiger partial charge in [0.25, 0.3) is 5.56 Å². The van der Waals surface area contributed by atoms with Gasteiger partial charge < -0.3 is 19.7 Å². The number of methoxy groups -OCH3 is 2. The molecule has 0 amide bonds. The maximum absolute atomic E-state index is 14.1. The first-order valence-electron chi connectivity index (χ1n) is 12.1. The van der Waals surface area contributed by atoms with Crippen molar-refractivity contribution in [2.75, 3.05) is 46.7 Å². The zero-order valence-corrected chi connectivity index (χ0v) is 21.4. The fraction of sp³-hybridized carbons (Fsp3) is 0.407. The molecular weight excluding hydrogens is 485 g/mol. The lowest BCUT2D eigenvalue weighted by Gasteiger charge is -2.19. The Morgan fingerprint density at radius 3 is 2.32 bits per heavy atom. The van der Waals surface area contributed by atoms with Crippen molar-refractivity contribution in [2.45, 2.75) is 31.9 Å². The summed E-state index contributed by atoms with van der Waals surface area (Å²) in [4.78, 5) is 15.5. The van der Waals surface area contributed by atoms with Crippen LogP contribution in [-0.2, 0) is 19.0 Å². The van der Waals surface area contributed by atoms with E-state index in [1.807, 2.05) is 19.0 Å². The van der Waals surface area contributed by atoms with Crippen LogP contribution in [0.5, 0.6) is 11.5 Å². The van der Waals surface area contributed by atoms with Crippen LogP contribution in [0.15, 0.2) is 41.2 Å². The largest absolute Gasteiger partial charge is 0.497 e. The van der Waals surface area contributed by atoms with Gasteiger partial charge in [0.2, 0.25) is 0 Å². The van der Waals surface area contributed by atoms with Crippen molar-refractivity contribution in [3.8, 4) is 28.4 Å².